The molecule has 0 aliphatic rings. The van der Waals surface area contributed by atoms with Gasteiger partial charge in [-0.3, -0.25) is 9.52 Å². The Morgan fingerprint density at radius 3 is 2.24 bits per heavy atom. The van der Waals surface area contributed by atoms with Crippen LogP contribution in [0.2, 0.25) is 5.02 Å². The van der Waals surface area contributed by atoms with Crippen LogP contribution >= 0.6 is 23.8 Å². The zero-order chi connectivity index (χ0) is 23.8. The van der Waals surface area contributed by atoms with E-state index in [9.17, 15) is 13.2 Å². The Kier molecular flexibility index (Phi) is 8.26. The number of nitrogens with one attached hydrogen (secondary N) is 3. The van der Waals surface area contributed by atoms with E-state index in [0.717, 1.165) is 5.56 Å². The molecule has 0 atom stereocenters. The summed E-state index contributed by atoms with van der Waals surface area (Å²) in [5.41, 5.74) is 1.83. The van der Waals surface area contributed by atoms with Crippen molar-refractivity contribution in [2.24, 2.45) is 0 Å². The maximum absolute atomic E-state index is 12.6. The van der Waals surface area contributed by atoms with E-state index >= 15 is 0 Å². The Hall–Kier alpha value is -3.14. The number of ether oxygens (including phenoxy) is 1. The maximum atomic E-state index is 12.6. The predicted octanol–water partition coefficient (Wildman–Crippen LogP) is 4.60. The molecule has 172 valence electrons. The zero-order valence-corrected chi connectivity index (χ0v) is 20.1. The first-order valence-electron chi connectivity index (χ1n) is 9.88. The number of methoxy groups -OCH3 is 1. The standard InChI is InChI=1S/C23H22ClN3O4S2/c1-31-19-11-7-18(8-12-19)27-33(29,30)20-13-9-17(10-14-20)25-23(32)26-22(28)15-6-16-4-2-3-5-21(16)24/h2-5,7-14,27H,6,15H2,1H3,(H2,25,26,28,32). The van der Waals surface area contributed by atoms with Crippen LogP contribution in [-0.2, 0) is 21.2 Å². The fourth-order valence-corrected chi connectivity index (χ4v) is 4.41. The number of amides is 1. The summed E-state index contributed by atoms with van der Waals surface area (Å²) in [5, 5.41) is 6.20. The van der Waals surface area contributed by atoms with Gasteiger partial charge in [0.1, 0.15) is 5.75 Å². The van der Waals surface area contributed by atoms with Gasteiger partial charge in [0, 0.05) is 22.8 Å². The van der Waals surface area contributed by atoms with E-state index in [0.29, 0.717) is 28.6 Å². The second-order valence-electron chi connectivity index (χ2n) is 6.95. The normalized spacial score (nSPS) is 10.8. The smallest absolute Gasteiger partial charge is 0.261 e. The van der Waals surface area contributed by atoms with Crippen molar-refractivity contribution in [1.29, 1.82) is 0 Å². The molecule has 0 unspecified atom stereocenters. The number of hydrogen-bond acceptors (Lipinski definition) is 5. The van der Waals surface area contributed by atoms with E-state index in [2.05, 4.69) is 15.4 Å². The Morgan fingerprint density at radius 1 is 0.970 bits per heavy atom. The first-order valence-corrected chi connectivity index (χ1v) is 12.1. The minimum atomic E-state index is -3.77. The lowest BCUT2D eigenvalue weighted by Crippen LogP contribution is -2.34. The van der Waals surface area contributed by atoms with Gasteiger partial charge in [-0.25, -0.2) is 8.42 Å². The molecule has 0 saturated heterocycles. The van der Waals surface area contributed by atoms with Gasteiger partial charge in [-0.15, -0.1) is 0 Å². The van der Waals surface area contributed by atoms with Crippen molar-refractivity contribution in [2.45, 2.75) is 17.7 Å². The Balaban J connectivity index is 1.53. The van der Waals surface area contributed by atoms with Gasteiger partial charge in [-0.1, -0.05) is 29.8 Å². The molecule has 33 heavy (non-hydrogen) atoms. The van der Waals surface area contributed by atoms with Crippen LogP contribution in [0.15, 0.2) is 77.7 Å². The average Bonchev–Trinajstić information content (AvgIpc) is 2.79. The number of carbonyl (C=O) groups is 1. The van der Waals surface area contributed by atoms with Gasteiger partial charge >= 0.3 is 0 Å². The molecule has 0 spiro atoms. The molecule has 0 fully saturated rings. The van der Waals surface area contributed by atoms with Gasteiger partial charge in [-0.2, -0.15) is 0 Å². The summed E-state index contributed by atoms with van der Waals surface area (Å²) in [4.78, 5) is 12.2. The second-order valence-corrected chi connectivity index (χ2v) is 9.45. The summed E-state index contributed by atoms with van der Waals surface area (Å²) in [7, 11) is -2.23. The number of benzene rings is 3. The van der Waals surface area contributed by atoms with Crippen molar-refractivity contribution in [1.82, 2.24) is 5.32 Å². The van der Waals surface area contributed by atoms with Gasteiger partial charge in [-0.05, 0) is 78.8 Å². The highest BCUT2D eigenvalue weighted by atomic mass is 35.5. The molecule has 7 nitrogen and oxygen atoms in total. The van der Waals surface area contributed by atoms with Crippen LogP contribution in [0.4, 0.5) is 11.4 Å². The van der Waals surface area contributed by atoms with Crippen molar-refractivity contribution in [3.8, 4) is 5.75 Å². The van der Waals surface area contributed by atoms with Crippen molar-refractivity contribution in [2.75, 3.05) is 17.1 Å². The van der Waals surface area contributed by atoms with Crippen molar-refractivity contribution in [3.05, 3.63) is 83.4 Å². The fourth-order valence-electron chi connectivity index (χ4n) is 2.89. The van der Waals surface area contributed by atoms with Gasteiger partial charge in [0.15, 0.2) is 5.11 Å². The predicted molar refractivity (Wildman–Crippen MR) is 134 cm³/mol. The molecule has 0 aromatic heterocycles. The van der Waals surface area contributed by atoms with Gasteiger partial charge in [0.2, 0.25) is 5.91 Å². The molecule has 0 saturated carbocycles. The number of halogens is 1. The zero-order valence-electron chi connectivity index (χ0n) is 17.7. The van der Waals surface area contributed by atoms with E-state index in [-0.39, 0.29) is 22.3 Å². The number of sulfonamides is 1. The number of hydrogen-bond donors (Lipinski definition) is 3. The molecule has 3 aromatic rings. The van der Waals surface area contributed by atoms with E-state index < -0.39 is 10.0 Å². The van der Waals surface area contributed by atoms with Crippen LogP contribution in [-0.4, -0.2) is 26.5 Å². The second kappa shape index (κ2) is 11.1. The molecule has 0 heterocycles. The molecule has 0 radical (unpaired) electrons. The average molecular weight is 504 g/mol. The molecule has 10 heteroatoms. The first-order chi connectivity index (χ1) is 15.8. The highest BCUT2D eigenvalue weighted by Gasteiger charge is 2.14. The molecule has 3 N–H and O–H groups in total. The quantitative estimate of drug-likeness (QED) is 0.389. The number of aryl methyl sites for hydroxylation is 1. The molecule has 0 bridgehead atoms. The largest absolute Gasteiger partial charge is 0.497 e. The topological polar surface area (TPSA) is 96.5 Å². The lowest BCUT2D eigenvalue weighted by atomic mass is 10.1. The maximum Gasteiger partial charge on any atom is 0.261 e. The Bertz CT molecular complexity index is 1230. The minimum absolute atomic E-state index is 0.0820. The molecular weight excluding hydrogens is 482 g/mol. The molecule has 1 amide bonds. The van der Waals surface area contributed by atoms with Gasteiger partial charge in [0.05, 0.1) is 12.0 Å². The highest BCUT2D eigenvalue weighted by molar-refractivity contribution is 7.92. The Morgan fingerprint density at radius 2 is 1.61 bits per heavy atom. The van der Waals surface area contributed by atoms with Crippen molar-refractivity contribution >= 4 is 56.2 Å². The summed E-state index contributed by atoms with van der Waals surface area (Å²) >= 11 is 11.3. The van der Waals surface area contributed by atoms with E-state index in [1.54, 1.807) is 42.5 Å². The molecular formula is C23H22ClN3O4S2. The number of carbonyl (C=O) groups excluding carboxylic acids is 1. The number of thiocarbonyl (C=S) groups is 1. The van der Waals surface area contributed by atoms with Crippen LogP contribution in [0.25, 0.3) is 0 Å². The number of rotatable bonds is 8. The Labute approximate surface area is 203 Å². The lowest BCUT2D eigenvalue weighted by Gasteiger charge is -2.12. The molecule has 0 aliphatic heterocycles. The summed E-state index contributed by atoms with van der Waals surface area (Å²) in [6.45, 7) is 0. The number of anilines is 2. The highest BCUT2D eigenvalue weighted by Crippen LogP contribution is 2.21. The SMILES string of the molecule is COc1ccc(NS(=O)(=O)c2ccc(NC(=S)NC(=O)CCc3ccccc3Cl)cc2)cc1. The van der Waals surface area contributed by atoms with Gasteiger partial charge in [0.25, 0.3) is 10.0 Å². The third-order valence-corrected chi connectivity index (χ3v) is 6.57. The summed E-state index contributed by atoms with van der Waals surface area (Å²) in [5.74, 6) is 0.371. The third kappa shape index (κ3) is 7.18. The lowest BCUT2D eigenvalue weighted by molar-refractivity contribution is -0.119. The summed E-state index contributed by atoms with van der Waals surface area (Å²) in [6.07, 6.45) is 0.710. The molecule has 0 aliphatic carbocycles. The summed E-state index contributed by atoms with van der Waals surface area (Å²) in [6, 6.07) is 19.9. The first kappa shape index (κ1) is 24.5. The van der Waals surface area contributed by atoms with E-state index in [1.807, 2.05) is 18.2 Å². The molecule has 3 rings (SSSR count). The van der Waals surface area contributed by atoms with E-state index in [4.69, 9.17) is 28.6 Å². The van der Waals surface area contributed by atoms with Crippen molar-refractivity contribution in [3.63, 3.8) is 0 Å². The van der Waals surface area contributed by atoms with Crippen LogP contribution in [0, 0.1) is 0 Å². The summed E-state index contributed by atoms with van der Waals surface area (Å²) < 4.78 is 32.8. The van der Waals surface area contributed by atoms with Crippen molar-refractivity contribution < 1.29 is 17.9 Å². The third-order valence-electron chi connectivity index (χ3n) is 4.60. The van der Waals surface area contributed by atoms with Crippen LogP contribution < -0.4 is 20.1 Å². The monoisotopic (exact) mass is 503 g/mol. The molecule has 3 aromatic carbocycles. The van der Waals surface area contributed by atoms with Crippen LogP contribution in [0.5, 0.6) is 5.75 Å². The van der Waals surface area contributed by atoms with E-state index in [1.165, 1.54) is 19.2 Å². The van der Waals surface area contributed by atoms with Crippen LogP contribution in [0.1, 0.15) is 12.0 Å². The minimum Gasteiger partial charge on any atom is -0.497 e. The van der Waals surface area contributed by atoms with Crippen LogP contribution in [0.3, 0.4) is 0 Å². The van der Waals surface area contributed by atoms with Gasteiger partial charge < -0.3 is 15.4 Å². The fraction of sp³-hybridized carbons (Fsp3) is 0.130.